The lowest BCUT2D eigenvalue weighted by Gasteiger charge is -2.16. The third kappa shape index (κ3) is 4.91. The van der Waals surface area contributed by atoms with Crippen LogP contribution in [0.1, 0.15) is 24.2 Å². The molecule has 0 aliphatic carbocycles. The molecule has 0 aliphatic rings. The van der Waals surface area contributed by atoms with Crippen LogP contribution >= 0.6 is 31.9 Å². The van der Waals surface area contributed by atoms with E-state index >= 15 is 0 Å². The molecular formula is C17H15Br2NO3. The maximum Gasteiger partial charge on any atom is 0.265 e. The molecule has 2 aromatic carbocycles. The number of ether oxygens (including phenoxy) is 1. The van der Waals surface area contributed by atoms with Gasteiger partial charge in [-0.05, 0) is 72.2 Å². The van der Waals surface area contributed by atoms with Gasteiger partial charge in [0.15, 0.2) is 11.9 Å². The fourth-order valence-corrected chi connectivity index (χ4v) is 2.99. The molecule has 1 amide bonds. The normalized spacial score (nSPS) is 11.7. The molecule has 0 heterocycles. The molecule has 0 radical (unpaired) electrons. The zero-order chi connectivity index (χ0) is 17.0. The average molecular weight is 441 g/mol. The van der Waals surface area contributed by atoms with Crippen LogP contribution in [0.2, 0.25) is 0 Å². The highest BCUT2D eigenvalue weighted by molar-refractivity contribution is 9.11. The van der Waals surface area contributed by atoms with E-state index in [2.05, 4.69) is 37.2 Å². The van der Waals surface area contributed by atoms with Crippen molar-refractivity contribution < 1.29 is 14.3 Å². The zero-order valence-electron chi connectivity index (χ0n) is 12.6. The van der Waals surface area contributed by atoms with Crippen LogP contribution in [0.3, 0.4) is 0 Å². The molecule has 0 saturated heterocycles. The molecule has 1 N–H and O–H groups in total. The Kier molecular flexibility index (Phi) is 5.96. The predicted octanol–water partition coefficient (Wildman–Crippen LogP) is 4.82. The minimum Gasteiger partial charge on any atom is -0.480 e. The zero-order valence-corrected chi connectivity index (χ0v) is 15.8. The molecule has 0 aromatic heterocycles. The number of carbonyl (C=O) groups is 2. The van der Waals surface area contributed by atoms with Crippen molar-refractivity contribution in [3.05, 3.63) is 57.0 Å². The van der Waals surface area contributed by atoms with Gasteiger partial charge in [-0.1, -0.05) is 15.9 Å². The highest BCUT2D eigenvalue weighted by atomic mass is 79.9. The van der Waals surface area contributed by atoms with Crippen LogP contribution in [0, 0.1) is 0 Å². The van der Waals surface area contributed by atoms with E-state index < -0.39 is 6.10 Å². The summed E-state index contributed by atoms with van der Waals surface area (Å²) in [5.41, 5.74) is 1.22. The second kappa shape index (κ2) is 7.75. The number of anilines is 1. The van der Waals surface area contributed by atoms with E-state index in [1.54, 1.807) is 37.3 Å². The van der Waals surface area contributed by atoms with Gasteiger partial charge in [-0.15, -0.1) is 0 Å². The SMILES string of the molecule is CC(=O)c1ccc(NC(=O)[C@@H](C)Oc2ccc(Br)cc2Br)cc1. The van der Waals surface area contributed by atoms with Crippen molar-refractivity contribution >= 4 is 49.2 Å². The number of hydrogen-bond acceptors (Lipinski definition) is 3. The maximum atomic E-state index is 12.2. The Hall–Kier alpha value is -1.66. The average Bonchev–Trinajstić information content (AvgIpc) is 2.50. The van der Waals surface area contributed by atoms with E-state index in [0.717, 1.165) is 8.95 Å². The molecular weight excluding hydrogens is 426 g/mol. The van der Waals surface area contributed by atoms with E-state index in [-0.39, 0.29) is 11.7 Å². The number of Topliss-reactive ketones (excluding diaryl/α,β-unsaturated/α-hetero) is 1. The Labute approximate surface area is 151 Å². The Bertz CT molecular complexity index is 729. The quantitative estimate of drug-likeness (QED) is 0.678. The van der Waals surface area contributed by atoms with Gasteiger partial charge in [0.1, 0.15) is 5.75 Å². The van der Waals surface area contributed by atoms with Crippen LogP contribution in [0.25, 0.3) is 0 Å². The van der Waals surface area contributed by atoms with Gasteiger partial charge in [-0.2, -0.15) is 0 Å². The minimum absolute atomic E-state index is 0.0142. The van der Waals surface area contributed by atoms with Gasteiger partial charge in [0.05, 0.1) is 4.47 Å². The largest absolute Gasteiger partial charge is 0.480 e. The van der Waals surface area contributed by atoms with Crippen LogP contribution in [0.4, 0.5) is 5.69 Å². The lowest BCUT2D eigenvalue weighted by atomic mass is 10.1. The summed E-state index contributed by atoms with van der Waals surface area (Å²) in [6.07, 6.45) is -0.667. The fourth-order valence-electron chi connectivity index (χ4n) is 1.85. The van der Waals surface area contributed by atoms with Crippen molar-refractivity contribution in [3.8, 4) is 5.75 Å². The van der Waals surface area contributed by atoms with Crippen LogP contribution in [0.5, 0.6) is 5.75 Å². The van der Waals surface area contributed by atoms with Gasteiger partial charge < -0.3 is 10.1 Å². The summed E-state index contributed by atoms with van der Waals surface area (Å²) in [4.78, 5) is 23.4. The van der Waals surface area contributed by atoms with E-state index in [1.165, 1.54) is 6.92 Å². The number of amides is 1. The first-order chi connectivity index (χ1) is 10.9. The van der Waals surface area contributed by atoms with Crippen molar-refractivity contribution in [2.45, 2.75) is 20.0 Å². The highest BCUT2D eigenvalue weighted by Crippen LogP contribution is 2.29. The Morgan fingerprint density at radius 2 is 1.74 bits per heavy atom. The van der Waals surface area contributed by atoms with E-state index in [0.29, 0.717) is 17.0 Å². The summed E-state index contributed by atoms with van der Waals surface area (Å²) in [6.45, 7) is 3.17. The monoisotopic (exact) mass is 439 g/mol. The number of ketones is 1. The molecule has 0 fully saturated rings. The Morgan fingerprint density at radius 1 is 1.09 bits per heavy atom. The number of carbonyl (C=O) groups excluding carboxylic acids is 2. The lowest BCUT2D eigenvalue weighted by molar-refractivity contribution is -0.122. The molecule has 23 heavy (non-hydrogen) atoms. The molecule has 6 heteroatoms. The number of rotatable bonds is 5. The summed E-state index contributed by atoms with van der Waals surface area (Å²) in [5.74, 6) is 0.304. The van der Waals surface area contributed by atoms with Crippen molar-refractivity contribution in [2.75, 3.05) is 5.32 Å². The third-order valence-corrected chi connectivity index (χ3v) is 4.24. The van der Waals surface area contributed by atoms with Gasteiger partial charge in [0, 0.05) is 15.7 Å². The first kappa shape index (κ1) is 17.7. The third-order valence-electron chi connectivity index (χ3n) is 3.13. The van der Waals surface area contributed by atoms with Gasteiger partial charge in [0.2, 0.25) is 0 Å². The lowest BCUT2D eigenvalue weighted by Crippen LogP contribution is -2.30. The molecule has 0 saturated carbocycles. The molecule has 1 atom stereocenters. The molecule has 4 nitrogen and oxygen atoms in total. The molecule has 0 bridgehead atoms. The second-order valence-electron chi connectivity index (χ2n) is 4.96. The smallest absolute Gasteiger partial charge is 0.265 e. The number of hydrogen-bond donors (Lipinski definition) is 1. The van der Waals surface area contributed by atoms with Crippen molar-refractivity contribution in [1.82, 2.24) is 0 Å². The summed E-state index contributed by atoms with van der Waals surface area (Å²) >= 11 is 6.76. The van der Waals surface area contributed by atoms with Gasteiger partial charge in [-0.25, -0.2) is 0 Å². The summed E-state index contributed by atoms with van der Waals surface area (Å²) < 4.78 is 7.34. The first-order valence-corrected chi connectivity index (χ1v) is 8.49. The summed E-state index contributed by atoms with van der Waals surface area (Å²) in [7, 11) is 0. The Morgan fingerprint density at radius 3 is 2.30 bits per heavy atom. The van der Waals surface area contributed by atoms with Crippen LogP contribution in [-0.2, 0) is 4.79 Å². The molecule has 120 valence electrons. The molecule has 2 rings (SSSR count). The van der Waals surface area contributed by atoms with Crippen molar-refractivity contribution in [3.63, 3.8) is 0 Å². The van der Waals surface area contributed by atoms with E-state index in [1.807, 2.05) is 12.1 Å². The van der Waals surface area contributed by atoms with Crippen LogP contribution < -0.4 is 10.1 Å². The number of benzene rings is 2. The van der Waals surface area contributed by atoms with Crippen LogP contribution in [-0.4, -0.2) is 17.8 Å². The minimum atomic E-state index is -0.667. The van der Waals surface area contributed by atoms with Crippen LogP contribution in [0.15, 0.2) is 51.4 Å². The maximum absolute atomic E-state index is 12.2. The van der Waals surface area contributed by atoms with Gasteiger partial charge in [-0.3, -0.25) is 9.59 Å². The molecule has 0 aliphatic heterocycles. The molecule has 0 unspecified atom stereocenters. The number of nitrogens with one attached hydrogen (secondary N) is 1. The highest BCUT2D eigenvalue weighted by Gasteiger charge is 2.16. The van der Waals surface area contributed by atoms with E-state index in [9.17, 15) is 9.59 Å². The van der Waals surface area contributed by atoms with Crippen molar-refractivity contribution in [1.29, 1.82) is 0 Å². The standard InChI is InChI=1S/C17H15Br2NO3/c1-10(21)12-3-6-14(7-4-12)20-17(22)11(2)23-16-8-5-13(18)9-15(16)19/h3-9,11H,1-2H3,(H,20,22)/t11-/m1/s1. The topological polar surface area (TPSA) is 55.4 Å². The van der Waals surface area contributed by atoms with E-state index in [4.69, 9.17) is 4.74 Å². The second-order valence-corrected chi connectivity index (χ2v) is 6.73. The summed E-state index contributed by atoms with van der Waals surface area (Å²) in [5, 5.41) is 2.76. The number of halogens is 2. The fraction of sp³-hybridized carbons (Fsp3) is 0.176. The Balaban J connectivity index is 2.00. The predicted molar refractivity (Wildman–Crippen MR) is 97.0 cm³/mol. The molecule has 2 aromatic rings. The summed E-state index contributed by atoms with van der Waals surface area (Å²) in [6, 6.07) is 12.2. The molecule has 0 spiro atoms. The first-order valence-electron chi connectivity index (χ1n) is 6.90. The van der Waals surface area contributed by atoms with Crippen molar-refractivity contribution in [2.24, 2.45) is 0 Å². The van der Waals surface area contributed by atoms with Gasteiger partial charge >= 0.3 is 0 Å². The van der Waals surface area contributed by atoms with Gasteiger partial charge in [0.25, 0.3) is 5.91 Å².